The third-order valence-corrected chi connectivity index (χ3v) is 3.93. The van der Waals surface area contributed by atoms with Gasteiger partial charge in [-0.15, -0.1) is 11.3 Å². The molecule has 0 aliphatic carbocycles. The molecular formula is C13H15N3O2S. The van der Waals surface area contributed by atoms with E-state index in [1.165, 1.54) is 16.0 Å². The summed E-state index contributed by atoms with van der Waals surface area (Å²) in [5.74, 6) is -0.552. The van der Waals surface area contributed by atoms with E-state index in [4.69, 9.17) is 5.11 Å². The summed E-state index contributed by atoms with van der Waals surface area (Å²) in [5, 5.41) is 12.0. The van der Waals surface area contributed by atoms with E-state index in [9.17, 15) is 4.79 Å². The zero-order valence-corrected chi connectivity index (χ0v) is 11.6. The average Bonchev–Trinajstić information content (AvgIpc) is 2.84. The number of aromatic nitrogens is 2. The van der Waals surface area contributed by atoms with Crippen LogP contribution >= 0.6 is 11.3 Å². The lowest BCUT2D eigenvalue weighted by Gasteiger charge is -2.05. The quantitative estimate of drug-likeness (QED) is 0.879. The monoisotopic (exact) mass is 277 g/mol. The van der Waals surface area contributed by atoms with E-state index in [1.54, 1.807) is 18.3 Å². The fraction of sp³-hybridized carbons (Fsp3) is 0.308. The number of carboxylic acids is 1. The minimum atomic E-state index is -1.00. The van der Waals surface area contributed by atoms with Crippen LogP contribution in [0.15, 0.2) is 18.3 Å². The fourth-order valence-corrected chi connectivity index (χ4v) is 2.53. The Kier molecular flexibility index (Phi) is 4.11. The van der Waals surface area contributed by atoms with Crippen LogP contribution in [0.1, 0.15) is 32.7 Å². The Balaban J connectivity index is 2.03. The number of hydrogen-bond donors (Lipinski definition) is 2. The molecule has 0 atom stereocenters. The van der Waals surface area contributed by atoms with Crippen molar-refractivity contribution < 1.29 is 9.90 Å². The molecule has 2 aromatic heterocycles. The summed E-state index contributed by atoms with van der Waals surface area (Å²) in [6.07, 6.45) is 2.37. The molecule has 19 heavy (non-hydrogen) atoms. The highest BCUT2D eigenvalue weighted by Gasteiger charge is 2.09. The smallest absolute Gasteiger partial charge is 0.339 e. The first-order valence-electron chi connectivity index (χ1n) is 5.98. The number of hydrogen-bond acceptors (Lipinski definition) is 5. The largest absolute Gasteiger partial charge is 0.478 e. The van der Waals surface area contributed by atoms with Crippen LogP contribution < -0.4 is 5.32 Å². The van der Waals surface area contributed by atoms with E-state index < -0.39 is 5.97 Å². The minimum absolute atomic E-state index is 0.134. The van der Waals surface area contributed by atoms with Gasteiger partial charge >= 0.3 is 5.97 Å². The molecule has 0 saturated heterocycles. The highest BCUT2D eigenvalue weighted by atomic mass is 32.1. The van der Waals surface area contributed by atoms with Crippen molar-refractivity contribution in [2.45, 2.75) is 26.8 Å². The van der Waals surface area contributed by atoms with Crippen LogP contribution in [0.4, 0.5) is 5.95 Å². The van der Waals surface area contributed by atoms with Crippen LogP contribution in [0.25, 0.3) is 0 Å². The minimum Gasteiger partial charge on any atom is -0.478 e. The first-order valence-corrected chi connectivity index (χ1v) is 6.80. The van der Waals surface area contributed by atoms with Crippen molar-refractivity contribution in [2.75, 3.05) is 5.32 Å². The molecule has 2 aromatic rings. The number of carbonyl (C=O) groups is 1. The highest BCUT2D eigenvalue weighted by Crippen LogP contribution is 2.17. The number of carboxylic acid groups (broad SMARTS) is 1. The predicted molar refractivity (Wildman–Crippen MR) is 74.8 cm³/mol. The molecule has 0 aliphatic rings. The third kappa shape index (κ3) is 3.29. The molecule has 0 saturated carbocycles. The Hall–Kier alpha value is -1.95. The van der Waals surface area contributed by atoms with Gasteiger partial charge in [0, 0.05) is 16.0 Å². The van der Waals surface area contributed by atoms with Crippen LogP contribution in [0, 0.1) is 6.92 Å². The first-order chi connectivity index (χ1) is 9.10. The Morgan fingerprint density at radius 2 is 2.16 bits per heavy atom. The maximum atomic E-state index is 10.8. The average molecular weight is 277 g/mol. The molecule has 0 bridgehead atoms. The van der Waals surface area contributed by atoms with Gasteiger partial charge in [0.15, 0.2) is 0 Å². The molecule has 0 radical (unpaired) electrons. The zero-order valence-electron chi connectivity index (χ0n) is 10.8. The molecule has 0 aliphatic heterocycles. The summed E-state index contributed by atoms with van der Waals surface area (Å²) in [6, 6.07) is 4.19. The lowest BCUT2D eigenvalue weighted by atomic mass is 10.2. The zero-order chi connectivity index (χ0) is 13.8. The van der Waals surface area contributed by atoms with Gasteiger partial charge in [0.2, 0.25) is 5.95 Å². The molecule has 2 N–H and O–H groups in total. The molecule has 0 fully saturated rings. The third-order valence-electron chi connectivity index (χ3n) is 2.70. The molecular weight excluding hydrogens is 262 g/mol. The number of aromatic carboxylic acids is 1. The van der Waals surface area contributed by atoms with Crippen LogP contribution in [-0.4, -0.2) is 21.0 Å². The van der Waals surface area contributed by atoms with Gasteiger partial charge in [-0.3, -0.25) is 0 Å². The van der Waals surface area contributed by atoms with Gasteiger partial charge in [-0.1, -0.05) is 6.92 Å². The standard InChI is InChI=1S/C13H15N3O2S/c1-3-9-4-5-10(19-9)6-14-13-15-7-11(12(17)18)8(2)16-13/h4-5,7H,3,6H2,1-2H3,(H,17,18)(H,14,15,16). The molecule has 5 nitrogen and oxygen atoms in total. The molecule has 100 valence electrons. The summed E-state index contributed by atoms with van der Waals surface area (Å²) in [7, 11) is 0. The number of nitrogens with zero attached hydrogens (tertiary/aromatic N) is 2. The second-order valence-electron chi connectivity index (χ2n) is 4.07. The maximum Gasteiger partial charge on any atom is 0.339 e. The second-order valence-corrected chi connectivity index (χ2v) is 5.33. The Morgan fingerprint density at radius 1 is 1.42 bits per heavy atom. The lowest BCUT2D eigenvalue weighted by Crippen LogP contribution is -2.08. The molecule has 0 amide bonds. The topological polar surface area (TPSA) is 75.1 Å². The Morgan fingerprint density at radius 3 is 2.74 bits per heavy atom. The van der Waals surface area contributed by atoms with Gasteiger partial charge in [0.1, 0.15) is 0 Å². The summed E-state index contributed by atoms with van der Waals surface area (Å²) in [5.41, 5.74) is 0.598. The van der Waals surface area contributed by atoms with Gasteiger partial charge in [-0.25, -0.2) is 14.8 Å². The van der Waals surface area contributed by atoms with Crippen molar-refractivity contribution in [2.24, 2.45) is 0 Å². The summed E-state index contributed by atoms with van der Waals surface area (Å²) in [6.45, 7) is 4.44. The van der Waals surface area contributed by atoms with E-state index in [2.05, 4.69) is 34.3 Å². The second kappa shape index (κ2) is 5.79. The van der Waals surface area contributed by atoms with Crippen molar-refractivity contribution in [3.63, 3.8) is 0 Å². The van der Waals surface area contributed by atoms with Crippen LogP contribution in [0.3, 0.4) is 0 Å². The molecule has 2 heterocycles. The Labute approximate surface area is 115 Å². The van der Waals surface area contributed by atoms with Gasteiger partial charge in [-0.05, 0) is 25.5 Å². The van der Waals surface area contributed by atoms with Crippen molar-refractivity contribution in [3.8, 4) is 0 Å². The maximum absolute atomic E-state index is 10.8. The summed E-state index contributed by atoms with van der Waals surface area (Å²) < 4.78 is 0. The van der Waals surface area contributed by atoms with Crippen molar-refractivity contribution >= 4 is 23.3 Å². The fourth-order valence-electron chi connectivity index (χ4n) is 1.64. The summed E-state index contributed by atoms with van der Waals surface area (Å²) >= 11 is 1.75. The summed E-state index contributed by atoms with van der Waals surface area (Å²) in [4.78, 5) is 21.5. The lowest BCUT2D eigenvalue weighted by molar-refractivity contribution is 0.0695. The van der Waals surface area contributed by atoms with Gasteiger partial charge in [0.05, 0.1) is 17.8 Å². The number of thiophene rings is 1. The van der Waals surface area contributed by atoms with E-state index in [-0.39, 0.29) is 5.56 Å². The van der Waals surface area contributed by atoms with Gasteiger partial charge in [0.25, 0.3) is 0 Å². The van der Waals surface area contributed by atoms with Gasteiger partial charge < -0.3 is 10.4 Å². The van der Waals surface area contributed by atoms with Crippen molar-refractivity contribution in [1.82, 2.24) is 9.97 Å². The van der Waals surface area contributed by atoms with E-state index in [1.807, 2.05) is 0 Å². The Bertz CT molecular complexity index is 595. The SMILES string of the molecule is CCc1ccc(CNc2ncc(C(=O)O)c(C)n2)s1. The normalized spacial score (nSPS) is 10.4. The number of nitrogens with one attached hydrogen (secondary N) is 1. The van der Waals surface area contributed by atoms with Crippen LogP contribution in [0.5, 0.6) is 0 Å². The van der Waals surface area contributed by atoms with Gasteiger partial charge in [-0.2, -0.15) is 0 Å². The molecule has 6 heteroatoms. The van der Waals surface area contributed by atoms with E-state index in [0.717, 1.165) is 6.42 Å². The molecule has 2 rings (SSSR count). The first kappa shape index (κ1) is 13.5. The van der Waals surface area contributed by atoms with E-state index in [0.29, 0.717) is 18.2 Å². The molecule has 0 spiro atoms. The number of anilines is 1. The predicted octanol–water partition coefficient (Wildman–Crippen LogP) is 2.72. The van der Waals surface area contributed by atoms with E-state index >= 15 is 0 Å². The number of aryl methyl sites for hydroxylation is 2. The van der Waals surface area contributed by atoms with Crippen LogP contribution in [0.2, 0.25) is 0 Å². The van der Waals surface area contributed by atoms with Crippen molar-refractivity contribution in [3.05, 3.63) is 39.3 Å². The molecule has 0 aromatic carbocycles. The molecule has 0 unspecified atom stereocenters. The highest BCUT2D eigenvalue weighted by molar-refractivity contribution is 7.12. The number of rotatable bonds is 5. The van der Waals surface area contributed by atoms with Crippen LogP contribution in [-0.2, 0) is 13.0 Å². The van der Waals surface area contributed by atoms with Crippen molar-refractivity contribution in [1.29, 1.82) is 0 Å².